The first-order valence-electron chi connectivity index (χ1n) is 7.33. The van der Waals surface area contributed by atoms with Crippen molar-refractivity contribution in [3.63, 3.8) is 0 Å². The van der Waals surface area contributed by atoms with Crippen LogP contribution in [0.1, 0.15) is 24.9 Å². The van der Waals surface area contributed by atoms with Crippen LogP contribution in [-0.2, 0) is 10.0 Å². The van der Waals surface area contributed by atoms with E-state index in [1.165, 1.54) is 22.3 Å². The highest BCUT2D eigenvalue weighted by molar-refractivity contribution is 7.98. The minimum Gasteiger partial charge on any atom is -0.310 e. The number of benzene rings is 1. The van der Waals surface area contributed by atoms with Gasteiger partial charge in [0.1, 0.15) is 5.82 Å². The molecule has 1 aliphatic rings. The molecule has 1 saturated heterocycles. The van der Waals surface area contributed by atoms with E-state index in [4.69, 9.17) is 0 Å². The summed E-state index contributed by atoms with van der Waals surface area (Å²) in [6.45, 7) is 3.89. The molecule has 0 aromatic heterocycles. The average molecular weight is 346 g/mol. The smallest absolute Gasteiger partial charge is 0.211 e. The van der Waals surface area contributed by atoms with Crippen LogP contribution in [0, 0.1) is 11.7 Å². The van der Waals surface area contributed by atoms with Crippen LogP contribution in [-0.4, -0.2) is 44.9 Å². The molecule has 1 aromatic carbocycles. The van der Waals surface area contributed by atoms with Gasteiger partial charge in [-0.25, -0.2) is 17.1 Å². The summed E-state index contributed by atoms with van der Waals surface area (Å²) in [6, 6.07) is 5.34. The molecule has 0 spiro atoms. The molecular weight excluding hydrogens is 323 g/mol. The van der Waals surface area contributed by atoms with Gasteiger partial charge in [0.25, 0.3) is 0 Å². The molecule has 1 heterocycles. The van der Waals surface area contributed by atoms with Gasteiger partial charge in [-0.05, 0) is 49.8 Å². The van der Waals surface area contributed by atoms with Gasteiger partial charge in [0.15, 0.2) is 0 Å². The third-order valence-electron chi connectivity index (χ3n) is 4.11. The van der Waals surface area contributed by atoms with Gasteiger partial charge in [-0.1, -0.05) is 6.07 Å². The Balaban J connectivity index is 1.88. The second-order valence-electron chi connectivity index (χ2n) is 5.80. The van der Waals surface area contributed by atoms with E-state index >= 15 is 0 Å². The molecule has 4 nitrogen and oxygen atoms in total. The number of halogens is 1. The van der Waals surface area contributed by atoms with Crippen molar-refractivity contribution in [3.8, 4) is 0 Å². The van der Waals surface area contributed by atoms with Crippen LogP contribution >= 0.6 is 11.8 Å². The van der Waals surface area contributed by atoms with Crippen LogP contribution in [0.5, 0.6) is 0 Å². The second kappa shape index (κ2) is 7.29. The summed E-state index contributed by atoms with van der Waals surface area (Å²) >= 11 is 1.39. The molecule has 0 aliphatic carbocycles. The maximum atomic E-state index is 13.8. The number of rotatable bonds is 6. The Morgan fingerprint density at radius 1 is 1.50 bits per heavy atom. The fourth-order valence-electron chi connectivity index (χ4n) is 2.68. The first kappa shape index (κ1) is 17.7. The summed E-state index contributed by atoms with van der Waals surface area (Å²) in [5.41, 5.74) is 0.910. The molecule has 1 aromatic rings. The molecule has 2 atom stereocenters. The van der Waals surface area contributed by atoms with Crippen molar-refractivity contribution >= 4 is 21.8 Å². The SMILES string of the molecule is CSc1ccc([C@H](C)NC[C@H]2CCN(S(C)(=O)=O)C2)cc1F. The minimum absolute atomic E-state index is 0.0395. The molecule has 22 heavy (non-hydrogen) atoms. The number of nitrogens with zero attached hydrogens (tertiary/aromatic N) is 1. The Morgan fingerprint density at radius 2 is 2.23 bits per heavy atom. The minimum atomic E-state index is -3.09. The first-order valence-corrected chi connectivity index (χ1v) is 10.4. The molecule has 7 heteroatoms. The molecule has 2 rings (SSSR count). The van der Waals surface area contributed by atoms with Crippen molar-refractivity contribution < 1.29 is 12.8 Å². The van der Waals surface area contributed by atoms with E-state index < -0.39 is 10.0 Å². The highest BCUT2D eigenvalue weighted by Crippen LogP contribution is 2.24. The van der Waals surface area contributed by atoms with E-state index in [1.54, 1.807) is 12.1 Å². The Hall–Kier alpha value is -0.630. The first-order chi connectivity index (χ1) is 10.3. The summed E-state index contributed by atoms with van der Waals surface area (Å²) in [7, 11) is -3.09. The van der Waals surface area contributed by atoms with Crippen LogP contribution in [0.3, 0.4) is 0 Å². The van der Waals surface area contributed by atoms with Crippen molar-refractivity contribution in [1.29, 1.82) is 0 Å². The Labute approximate surface area is 136 Å². The maximum Gasteiger partial charge on any atom is 0.211 e. The molecule has 1 N–H and O–H groups in total. The highest BCUT2D eigenvalue weighted by atomic mass is 32.2. The van der Waals surface area contributed by atoms with Gasteiger partial charge in [-0.3, -0.25) is 0 Å². The number of nitrogens with one attached hydrogen (secondary N) is 1. The number of sulfonamides is 1. The third-order valence-corrected chi connectivity index (χ3v) is 6.15. The second-order valence-corrected chi connectivity index (χ2v) is 8.63. The molecule has 0 saturated carbocycles. The average Bonchev–Trinajstić information content (AvgIpc) is 2.93. The van der Waals surface area contributed by atoms with Crippen molar-refractivity contribution in [3.05, 3.63) is 29.6 Å². The van der Waals surface area contributed by atoms with E-state index in [1.807, 2.05) is 19.2 Å². The zero-order valence-corrected chi connectivity index (χ0v) is 14.8. The van der Waals surface area contributed by atoms with Gasteiger partial charge in [0.2, 0.25) is 10.0 Å². The predicted molar refractivity (Wildman–Crippen MR) is 89.1 cm³/mol. The van der Waals surface area contributed by atoms with Gasteiger partial charge < -0.3 is 5.32 Å². The van der Waals surface area contributed by atoms with Gasteiger partial charge >= 0.3 is 0 Å². The summed E-state index contributed by atoms with van der Waals surface area (Å²) < 4.78 is 38.3. The number of hydrogen-bond donors (Lipinski definition) is 1. The van der Waals surface area contributed by atoms with Crippen LogP contribution in [0.15, 0.2) is 23.1 Å². The molecule has 0 radical (unpaired) electrons. The summed E-state index contributed by atoms with van der Waals surface area (Å²) in [5, 5.41) is 3.38. The fraction of sp³-hybridized carbons (Fsp3) is 0.600. The van der Waals surface area contributed by atoms with Crippen molar-refractivity contribution in [1.82, 2.24) is 9.62 Å². The number of hydrogen-bond acceptors (Lipinski definition) is 4. The number of thioether (sulfide) groups is 1. The Morgan fingerprint density at radius 3 is 2.77 bits per heavy atom. The predicted octanol–water partition coefficient (Wildman–Crippen LogP) is 2.48. The topological polar surface area (TPSA) is 49.4 Å². The lowest BCUT2D eigenvalue weighted by atomic mass is 10.1. The Kier molecular flexibility index (Phi) is 5.87. The van der Waals surface area contributed by atoms with E-state index in [9.17, 15) is 12.8 Å². The molecule has 0 unspecified atom stereocenters. The monoisotopic (exact) mass is 346 g/mol. The third kappa shape index (κ3) is 4.44. The molecular formula is C15H23FN2O2S2. The summed E-state index contributed by atoms with van der Waals surface area (Å²) in [4.78, 5) is 0.649. The van der Waals surface area contributed by atoms with Crippen molar-refractivity contribution in [2.24, 2.45) is 5.92 Å². The zero-order valence-electron chi connectivity index (χ0n) is 13.2. The molecule has 124 valence electrons. The largest absolute Gasteiger partial charge is 0.310 e. The van der Waals surface area contributed by atoms with Gasteiger partial charge in [-0.2, -0.15) is 0 Å². The Bertz CT molecular complexity index is 622. The van der Waals surface area contributed by atoms with Crippen LogP contribution in [0.25, 0.3) is 0 Å². The normalized spacial score (nSPS) is 21.2. The van der Waals surface area contributed by atoms with Crippen molar-refractivity contribution in [2.45, 2.75) is 24.3 Å². The molecule has 0 bridgehead atoms. The van der Waals surface area contributed by atoms with Gasteiger partial charge in [-0.15, -0.1) is 11.8 Å². The quantitative estimate of drug-likeness (QED) is 0.804. The molecule has 1 fully saturated rings. The standard InChI is InChI=1S/C15H23FN2O2S2/c1-11(13-4-5-15(21-2)14(16)8-13)17-9-12-6-7-18(10-12)22(3,19)20/h4-5,8,11-12,17H,6-7,9-10H2,1-3H3/t11-,12+/m0/s1. The van der Waals surface area contributed by atoms with Crippen molar-refractivity contribution in [2.75, 3.05) is 32.1 Å². The summed E-state index contributed by atoms with van der Waals surface area (Å²) in [5.74, 6) is 0.121. The van der Waals surface area contributed by atoms with Crippen LogP contribution < -0.4 is 5.32 Å². The fourth-order valence-corrected chi connectivity index (χ4v) is 4.05. The molecule has 1 aliphatic heterocycles. The lowest BCUT2D eigenvalue weighted by molar-refractivity contribution is 0.432. The highest BCUT2D eigenvalue weighted by Gasteiger charge is 2.28. The van der Waals surface area contributed by atoms with E-state index in [2.05, 4.69) is 5.32 Å². The van der Waals surface area contributed by atoms with E-state index in [0.717, 1.165) is 18.5 Å². The maximum absolute atomic E-state index is 13.8. The van der Waals surface area contributed by atoms with Gasteiger partial charge in [0, 0.05) is 24.0 Å². The van der Waals surface area contributed by atoms with Gasteiger partial charge in [0.05, 0.1) is 6.26 Å². The summed E-state index contributed by atoms with van der Waals surface area (Å²) in [6.07, 6.45) is 3.97. The molecule has 0 amide bonds. The lowest BCUT2D eigenvalue weighted by Gasteiger charge is -2.18. The van der Waals surface area contributed by atoms with E-state index in [-0.39, 0.29) is 11.9 Å². The van der Waals surface area contributed by atoms with E-state index in [0.29, 0.717) is 23.9 Å². The lowest BCUT2D eigenvalue weighted by Crippen LogP contribution is -2.31. The zero-order chi connectivity index (χ0) is 16.3. The van der Waals surface area contributed by atoms with Crippen LogP contribution in [0.2, 0.25) is 0 Å². The van der Waals surface area contributed by atoms with Crippen LogP contribution in [0.4, 0.5) is 4.39 Å².